The lowest BCUT2D eigenvalue weighted by Gasteiger charge is -2.19. The lowest BCUT2D eigenvalue weighted by atomic mass is 10.1. The van der Waals surface area contributed by atoms with E-state index in [9.17, 15) is 22.8 Å². The second kappa shape index (κ2) is 6.60. The Balaban J connectivity index is 2.84. The summed E-state index contributed by atoms with van der Waals surface area (Å²) < 4.78 is 36.5. The Hall–Kier alpha value is -2.05. The smallest absolute Gasteiger partial charge is 0.341 e. The molecule has 0 bridgehead atoms. The van der Waals surface area contributed by atoms with Gasteiger partial charge in [0.2, 0.25) is 5.91 Å². The van der Waals surface area contributed by atoms with Gasteiger partial charge in [-0.25, -0.2) is 0 Å². The maximum absolute atomic E-state index is 12.2. The Morgan fingerprint density at radius 1 is 1.29 bits per heavy atom. The van der Waals surface area contributed by atoms with E-state index in [1.807, 2.05) is 0 Å². The van der Waals surface area contributed by atoms with Crippen LogP contribution < -0.4 is 5.32 Å². The van der Waals surface area contributed by atoms with Gasteiger partial charge >= 0.3 is 6.18 Å². The summed E-state index contributed by atoms with van der Waals surface area (Å²) in [4.78, 5) is 24.1. The maximum Gasteiger partial charge on any atom is 0.390 e. The second-order valence-electron chi connectivity index (χ2n) is 4.80. The summed E-state index contributed by atoms with van der Waals surface area (Å²) in [6.07, 6.45) is -5.36. The predicted molar refractivity (Wildman–Crippen MR) is 73.1 cm³/mol. The van der Waals surface area contributed by atoms with Crippen LogP contribution >= 0.6 is 0 Å². The van der Waals surface area contributed by atoms with Gasteiger partial charge in [-0.2, -0.15) is 13.2 Å². The molecule has 1 rings (SSSR count). The first-order valence-electron chi connectivity index (χ1n) is 6.30. The number of nitrogens with one attached hydrogen (secondary N) is 1. The summed E-state index contributed by atoms with van der Waals surface area (Å²) in [6.45, 7) is 2.68. The number of halogens is 3. The number of carbonyl (C=O) groups excluding carboxylic acids is 2. The molecule has 21 heavy (non-hydrogen) atoms. The van der Waals surface area contributed by atoms with Crippen LogP contribution in [0.1, 0.15) is 29.3 Å². The van der Waals surface area contributed by atoms with Gasteiger partial charge in [-0.1, -0.05) is 6.07 Å². The van der Waals surface area contributed by atoms with Gasteiger partial charge in [0.1, 0.15) is 0 Å². The van der Waals surface area contributed by atoms with Crippen molar-refractivity contribution >= 4 is 17.5 Å². The molecule has 0 aliphatic heterocycles. The number of carbonyl (C=O) groups is 2. The van der Waals surface area contributed by atoms with E-state index in [0.717, 1.165) is 10.5 Å². The van der Waals surface area contributed by atoms with Gasteiger partial charge in [0.15, 0.2) is 0 Å². The van der Waals surface area contributed by atoms with E-state index in [2.05, 4.69) is 5.32 Å². The molecule has 0 atom stereocenters. The van der Waals surface area contributed by atoms with Crippen molar-refractivity contribution < 1.29 is 22.8 Å². The van der Waals surface area contributed by atoms with E-state index >= 15 is 0 Å². The molecular weight excluding hydrogens is 285 g/mol. The van der Waals surface area contributed by atoms with Crippen molar-refractivity contribution in [2.75, 3.05) is 18.9 Å². The SMILES string of the molecule is CC(=O)Nc1cc(C(=O)N(C)CCC(F)(F)F)ccc1C. The van der Waals surface area contributed by atoms with E-state index in [1.54, 1.807) is 13.0 Å². The molecule has 0 aliphatic rings. The van der Waals surface area contributed by atoms with Crippen molar-refractivity contribution in [3.8, 4) is 0 Å². The minimum absolute atomic E-state index is 0.231. The van der Waals surface area contributed by atoms with Crippen LogP contribution in [0, 0.1) is 6.92 Å². The zero-order chi connectivity index (χ0) is 16.2. The summed E-state index contributed by atoms with van der Waals surface area (Å²) in [5.41, 5.74) is 1.46. The number of rotatable bonds is 4. The van der Waals surface area contributed by atoms with Gasteiger partial charge in [-0.3, -0.25) is 9.59 Å². The third-order valence-electron chi connectivity index (χ3n) is 2.87. The number of alkyl halides is 3. The van der Waals surface area contributed by atoms with Crippen LogP contribution in [-0.2, 0) is 4.79 Å². The van der Waals surface area contributed by atoms with Crippen LogP contribution in [0.4, 0.5) is 18.9 Å². The van der Waals surface area contributed by atoms with Crippen molar-refractivity contribution in [3.63, 3.8) is 0 Å². The highest BCUT2D eigenvalue weighted by molar-refractivity contribution is 5.97. The van der Waals surface area contributed by atoms with Gasteiger partial charge in [0.05, 0.1) is 6.42 Å². The first-order valence-corrected chi connectivity index (χ1v) is 6.30. The number of hydrogen-bond donors (Lipinski definition) is 1. The van der Waals surface area contributed by atoms with Crippen LogP contribution in [-0.4, -0.2) is 36.5 Å². The monoisotopic (exact) mass is 302 g/mol. The van der Waals surface area contributed by atoms with Crippen LogP contribution in [0.15, 0.2) is 18.2 Å². The Morgan fingerprint density at radius 3 is 2.43 bits per heavy atom. The molecule has 0 unspecified atom stereocenters. The molecule has 2 amide bonds. The van der Waals surface area contributed by atoms with E-state index in [-0.39, 0.29) is 11.5 Å². The lowest BCUT2D eigenvalue weighted by molar-refractivity contribution is -0.136. The van der Waals surface area contributed by atoms with Crippen molar-refractivity contribution in [1.29, 1.82) is 0 Å². The number of benzene rings is 1. The average molecular weight is 302 g/mol. The first-order chi connectivity index (χ1) is 9.60. The van der Waals surface area contributed by atoms with Gasteiger partial charge < -0.3 is 10.2 Å². The molecule has 1 aromatic carbocycles. The standard InChI is InChI=1S/C14H17F3N2O2/c1-9-4-5-11(8-12(9)18-10(2)20)13(21)19(3)7-6-14(15,16)17/h4-5,8H,6-7H2,1-3H3,(H,18,20). The Morgan fingerprint density at radius 2 is 1.90 bits per heavy atom. The summed E-state index contributed by atoms with van der Waals surface area (Å²) in [7, 11) is 1.31. The fourth-order valence-electron chi connectivity index (χ4n) is 1.70. The zero-order valence-corrected chi connectivity index (χ0v) is 12.0. The van der Waals surface area contributed by atoms with E-state index in [1.165, 1.54) is 26.1 Å². The van der Waals surface area contributed by atoms with Crippen LogP contribution in [0.3, 0.4) is 0 Å². The molecule has 0 radical (unpaired) electrons. The average Bonchev–Trinajstić information content (AvgIpc) is 2.36. The molecular formula is C14H17F3N2O2. The summed E-state index contributed by atoms with van der Waals surface area (Å²) in [5, 5.41) is 2.57. The lowest BCUT2D eigenvalue weighted by Crippen LogP contribution is -2.30. The number of aryl methyl sites for hydroxylation is 1. The van der Waals surface area contributed by atoms with Gasteiger partial charge in [0, 0.05) is 31.8 Å². The Bertz CT molecular complexity index is 542. The summed E-state index contributed by atoms with van der Waals surface area (Å²) >= 11 is 0. The summed E-state index contributed by atoms with van der Waals surface area (Å²) in [5.74, 6) is -0.807. The quantitative estimate of drug-likeness (QED) is 0.929. The molecule has 4 nitrogen and oxygen atoms in total. The number of anilines is 1. The fourth-order valence-corrected chi connectivity index (χ4v) is 1.70. The molecule has 0 aromatic heterocycles. The van der Waals surface area contributed by atoms with E-state index in [4.69, 9.17) is 0 Å². The first kappa shape index (κ1) is 17.0. The van der Waals surface area contributed by atoms with Crippen LogP contribution in [0.5, 0.6) is 0 Å². The number of amides is 2. The highest BCUT2D eigenvalue weighted by Crippen LogP contribution is 2.21. The van der Waals surface area contributed by atoms with Crippen LogP contribution in [0.2, 0.25) is 0 Å². The van der Waals surface area contributed by atoms with Gasteiger partial charge in [-0.05, 0) is 24.6 Å². The fraction of sp³-hybridized carbons (Fsp3) is 0.429. The summed E-state index contributed by atoms with van der Waals surface area (Å²) in [6, 6.07) is 4.62. The highest BCUT2D eigenvalue weighted by Gasteiger charge is 2.28. The molecule has 0 saturated heterocycles. The van der Waals surface area contributed by atoms with E-state index < -0.39 is 25.0 Å². The zero-order valence-electron chi connectivity index (χ0n) is 12.0. The third-order valence-corrected chi connectivity index (χ3v) is 2.87. The molecule has 1 aromatic rings. The van der Waals surface area contributed by atoms with Crippen molar-refractivity contribution in [2.45, 2.75) is 26.4 Å². The van der Waals surface area contributed by atoms with Gasteiger partial charge in [0.25, 0.3) is 5.91 Å². The molecule has 116 valence electrons. The second-order valence-corrected chi connectivity index (χ2v) is 4.80. The molecule has 1 N–H and O–H groups in total. The topological polar surface area (TPSA) is 49.4 Å². The molecule has 0 aliphatic carbocycles. The van der Waals surface area contributed by atoms with Crippen molar-refractivity contribution in [2.24, 2.45) is 0 Å². The predicted octanol–water partition coefficient (Wildman–Crippen LogP) is 2.98. The number of nitrogens with zero attached hydrogens (tertiary/aromatic N) is 1. The molecule has 7 heteroatoms. The number of hydrogen-bond acceptors (Lipinski definition) is 2. The minimum atomic E-state index is -4.30. The molecule has 0 heterocycles. The highest BCUT2D eigenvalue weighted by atomic mass is 19.4. The van der Waals surface area contributed by atoms with Crippen molar-refractivity contribution in [3.05, 3.63) is 29.3 Å². The maximum atomic E-state index is 12.2. The molecule has 0 fully saturated rings. The van der Waals surface area contributed by atoms with Gasteiger partial charge in [-0.15, -0.1) is 0 Å². The Kier molecular flexibility index (Phi) is 5.34. The van der Waals surface area contributed by atoms with E-state index in [0.29, 0.717) is 5.69 Å². The third kappa shape index (κ3) is 5.45. The molecule has 0 saturated carbocycles. The van der Waals surface area contributed by atoms with Crippen molar-refractivity contribution in [1.82, 2.24) is 4.90 Å². The largest absolute Gasteiger partial charge is 0.390 e. The van der Waals surface area contributed by atoms with Crippen LogP contribution in [0.25, 0.3) is 0 Å². The Labute approximate surface area is 120 Å². The minimum Gasteiger partial charge on any atom is -0.341 e. The normalized spacial score (nSPS) is 11.1. The molecule has 0 spiro atoms.